The summed E-state index contributed by atoms with van der Waals surface area (Å²) in [5, 5.41) is 15.8. The minimum Gasteiger partial charge on any atom is -0.495 e. The summed E-state index contributed by atoms with van der Waals surface area (Å²) in [5.41, 5.74) is 20.7. The molecule has 12 aromatic rings. The first-order chi connectivity index (χ1) is 71.4. The Kier molecular flexibility index (Phi) is 48.1. The molecule has 12 aromatic carbocycles. The van der Waals surface area contributed by atoms with Crippen LogP contribution < -0.4 is 69.8 Å². The van der Waals surface area contributed by atoms with Crippen LogP contribution in [0, 0.1) is 83.1 Å². The highest BCUT2D eigenvalue weighted by molar-refractivity contribution is 5.91. The molecule has 796 valence electrons. The SMILES string of the molecule is CCOC(=O)Nc1c(CC)cccc1COc1ccc(C)cc1C.CCOC(=O)Nc1c(COc2ccc(C)cc2C)cccc1C(F)(F)F.CCOC(=O)Nc1c(COc2ccc(C)cc2C)cccc1C(F)F.CCOC(=O)Nc1c(COc2ccc(C)cc2C)cccc1C1CC1.CCOC(=O)Nc1c(COc2ccc(C)cc2C)cccc1OC.CCOC(=O)Nc1c(COc2ccc(C)cc2C)cccc1OCC. The lowest BCUT2D eigenvalue weighted by Gasteiger charge is -2.18. The van der Waals surface area contributed by atoms with E-state index in [2.05, 4.69) is 83.0 Å². The first kappa shape index (κ1) is 119. The molecule has 0 aliphatic heterocycles. The third-order valence-electron chi connectivity index (χ3n) is 22.7. The maximum atomic E-state index is 13.3. The van der Waals surface area contributed by atoms with Crippen molar-refractivity contribution in [1.29, 1.82) is 0 Å². The maximum Gasteiger partial charge on any atom is 0.418 e. The van der Waals surface area contributed by atoms with E-state index in [1.54, 1.807) is 66.9 Å². The number of halogens is 5. The third kappa shape index (κ3) is 38.3. The Balaban J connectivity index is 0.000000218. The van der Waals surface area contributed by atoms with Crippen LogP contribution in [0.3, 0.4) is 0 Å². The van der Waals surface area contributed by atoms with Crippen molar-refractivity contribution < 1.29 is 117 Å². The van der Waals surface area contributed by atoms with E-state index in [0.29, 0.717) is 105 Å². The molecular formula is C118H139F5N6O20. The molecule has 1 fully saturated rings. The summed E-state index contributed by atoms with van der Waals surface area (Å²) in [6.45, 7) is 41.6. The molecule has 1 aliphatic carbocycles. The van der Waals surface area contributed by atoms with E-state index in [1.807, 2.05) is 216 Å². The lowest BCUT2D eigenvalue weighted by Crippen LogP contribution is -2.19. The Bertz CT molecular complexity index is 6190. The highest BCUT2D eigenvalue weighted by atomic mass is 19.4. The van der Waals surface area contributed by atoms with E-state index in [9.17, 15) is 50.7 Å². The second-order valence-electron chi connectivity index (χ2n) is 34.6. The maximum absolute atomic E-state index is 13.3. The third-order valence-corrected chi connectivity index (χ3v) is 22.7. The van der Waals surface area contributed by atoms with Gasteiger partial charge in [-0.3, -0.25) is 31.9 Å². The number of carbonyl (C=O) groups is 6. The summed E-state index contributed by atoms with van der Waals surface area (Å²) < 4.78 is 142. The average Bonchev–Trinajstić information content (AvgIpc) is 1.74. The van der Waals surface area contributed by atoms with Gasteiger partial charge in [0.05, 0.1) is 93.0 Å². The van der Waals surface area contributed by atoms with Crippen molar-refractivity contribution in [3.8, 4) is 46.0 Å². The van der Waals surface area contributed by atoms with E-state index < -0.39 is 54.7 Å². The van der Waals surface area contributed by atoms with Gasteiger partial charge >= 0.3 is 42.7 Å². The molecular weight excluding hydrogens is 1920 g/mol. The molecule has 0 saturated heterocycles. The first-order valence-corrected chi connectivity index (χ1v) is 49.4. The Morgan fingerprint density at radius 3 is 0.839 bits per heavy atom. The summed E-state index contributed by atoms with van der Waals surface area (Å²) in [5.74, 6) is 6.25. The van der Waals surface area contributed by atoms with Gasteiger partial charge in [0.2, 0.25) is 0 Å². The number of anilines is 6. The van der Waals surface area contributed by atoms with E-state index in [-0.39, 0.29) is 48.9 Å². The summed E-state index contributed by atoms with van der Waals surface area (Å²) in [6, 6.07) is 66.8. The van der Waals surface area contributed by atoms with Gasteiger partial charge in [-0.15, -0.1) is 0 Å². The zero-order valence-electron chi connectivity index (χ0n) is 88.8. The molecule has 1 aliphatic rings. The van der Waals surface area contributed by atoms with Gasteiger partial charge in [0.1, 0.15) is 85.6 Å². The van der Waals surface area contributed by atoms with Gasteiger partial charge in [-0.2, -0.15) is 13.2 Å². The molecule has 0 bridgehead atoms. The smallest absolute Gasteiger partial charge is 0.418 e. The molecule has 26 nitrogen and oxygen atoms in total. The predicted octanol–water partition coefficient (Wildman–Crippen LogP) is 30.5. The largest absolute Gasteiger partial charge is 0.495 e. The number of hydrogen-bond acceptors (Lipinski definition) is 20. The van der Waals surface area contributed by atoms with Crippen molar-refractivity contribution in [2.24, 2.45) is 0 Å². The van der Waals surface area contributed by atoms with Crippen molar-refractivity contribution in [1.82, 2.24) is 0 Å². The lowest BCUT2D eigenvalue weighted by molar-refractivity contribution is -0.137. The second kappa shape index (κ2) is 60.4. The summed E-state index contributed by atoms with van der Waals surface area (Å²) in [4.78, 5) is 70.8. The number of alkyl halides is 5. The Labute approximate surface area is 871 Å². The molecule has 149 heavy (non-hydrogen) atoms. The number of para-hydroxylation sites is 6. The average molecular weight is 2060 g/mol. The Hall–Kier alpha value is -15.7. The molecule has 0 heterocycles. The van der Waals surface area contributed by atoms with Crippen LogP contribution in [-0.2, 0) is 80.7 Å². The standard InChI is InChI=1S/C21H25NO3.C20H25NO4.C20H25NO3.C19H20F3NO3.C19H21F2NO3.C19H23NO4/c1-4-24-21(23)22-20-17(6-5-7-18(20)16-9-10-16)13-25-19-11-8-14(2)12-15(19)3;1-5-23-18-9-7-8-16(19(18)21-20(22)24-6-2)13-25-17-11-10-14(3)12-15(17)4;1-5-16-8-7-9-17(19(16)21-20(22)23-6-2)13-24-18-11-10-14(3)12-15(18)4;1-4-25-18(24)23-17-14(6-5-7-15(17)19(20,21)22)11-26-16-9-8-12(2)10-13(16)3;1-4-24-19(23)22-17-14(6-5-7-15(17)18(20)21)11-25-16-9-8-12(2)10-13(16)3;1-5-23-19(21)20-18-15(7-6-8-17(18)22-4)12-24-16-10-9-13(2)11-14(16)3/h5-8,11-12,16H,4,9-10,13H2,1-3H3,(H,22,23);7-12H,5-6,13H2,1-4H3,(H,21,22);7-12H,5-6,13H2,1-4H3,(H,21,22);5-10H,4,11H2,1-3H3,(H,23,24);5-10,18H,4,11H2,1-3H3,(H,22,23);6-11H,5,12H2,1-4H3,(H,20,21). The molecule has 6 N–H and O–H groups in total. The van der Waals surface area contributed by atoms with Crippen LogP contribution >= 0.6 is 0 Å². The summed E-state index contributed by atoms with van der Waals surface area (Å²) in [6.07, 6.45) is -7.80. The van der Waals surface area contributed by atoms with Crippen molar-refractivity contribution in [3.05, 3.63) is 341 Å². The van der Waals surface area contributed by atoms with Crippen LogP contribution in [0.4, 0.5) is 84.8 Å². The van der Waals surface area contributed by atoms with Crippen molar-refractivity contribution in [2.45, 2.75) is 216 Å². The van der Waals surface area contributed by atoms with E-state index >= 15 is 0 Å². The van der Waals surface area contributed by atoms with Gasteiger partial charge in [0, 0.05) is 38.9 Å². The van der Waals surface area contributed by atoms with Gasteiger partial charge < -0.3 is 66.3 Å². The Morgan fingerprint density at radius 2 is 0.537 bits per heavy atom. The number of nitrogens with one attached hydrogen (secondary N) is 6. The fourth-order valence-corrected chi connectivity index (χ4v) is 15.5. The van der Waals surface area contributed by atoms with Gasteiger partial charge in [0.15, 0.2) is 0 Å². The molecule has 0 radical (unpaired) electrons. The zero-order valence-corrected chi connectivity index (χ0v) is 88.8. The van der Waals surface area contributed by atoms with Crippen LogP contribution in [0.25, 0.3) is 0 Å². The number of methoxy groups -OCH3 is 1. The van der Waals surface area contributed by atoms with Crippen molar-refractivity contribution in [2.75, 3.05) is 85.3 Å². The minimum absolute atomic E-state index is 0.0284. The van der Waals surface area contributed by atoms with E-state index in [1.165, 1.54) is 64.9 Å². The summed E-state index contributed by atoms with van der Waals surface area (Å²) >= 11 is 0. The van der Waals surface area contributed by atoms with Gasteiger partial charge in [0.25, 0.3) is 6.43 Å². The van der Waals surface area contributed by atoms with Gasteiger partial charge in [-0.25, -0.2) is 37.5 Å². The fourth-order valence-electron chi connectivity index (χ4n) is 15.5. The summed E-state index contributed by atoms with van der Waals surface area (Å²) in [7, 11) is 1.56. The number of ether oxygens (including phenoxy) is 14. The fraction of sp³-hybridized carbons (Fsp3) is 0.339. The number of rotatable bonds is 36. The topological polar surface area (TPSA) is 304 Å². The molecule has 1 saturated carbocycles. The van der Waals surface area contributed by atoms with Gasteiger partial charge in [-0.05, 0) is 256 Å². The molecule has 31 heteroatoms. The number of amides is 6. The minimum atomic E-state index is -4.62. The normalized spacial score (nSPS) is 11.0. The zero-order chi connectivity index (χ0) is 109. The van der Waals surface area contributed by atoms with Crippen LogP contribution in [0.1, 0.15) is 203 Å². The van der Waals surface area contributed by atoms with Crippen LogP contribution in [0.5, 0.6) is 46.0 Å². The lowest BCUT2D eigenvalue weighted by atomic mass is 10.0. The predicted molar refractivity (Wildman–Crippen MR) is 573 cm³/mol. The van der Waals surface area contributed by atoms with Crippen LogP contribution in [0.2, 0.25) is 0 Å². The molecule has 0 aromatic heterocycles. The molecule has 0 spiro atoms. The van der Waals surface area contributed by atoms with Crippen molar-refractivity contribution in [3.63, 3.8) is 0 Å². The monoisotopic (exact) mass is 2050 g/mol. The quantitative estimate of drug-likeness (QED) is 0.0157. The van der Waals surface area contributed by atoms with E-state index in [0.717, 1.165) is 119 Å². The highest BCUT2D eigenvalue weighted by Crippen LogP contribution is 2.46. The number of benzene rings is 12. The number of hydrogen-bond donors (Lipinski definition) is 6. The first-order valence-electron chi connectivity index (χ1n) is 49.4. The molecule has 13 rings (SSSR count). The number of carbonyl (C=O) groups excluding carboxylic acids is 6. The molecule has 0 atom stereocenters. The van der Waals surface area contributed by atoms with Crippen LogP contribution in [-0.4, -0.2) is 89.9 Å². The number of aryl methyl sites for hydroxylation is 13. The van der Waals surface area contributed by atoms with Crippen molar-refractivity contribution >= 4 is 70.7 Å². The van der Waals surface area contributed by atoms with Gasteiger partial charge in [-0.1, -0.05) is 204 Å². The Morgan fingerprint density at radius 1 is 0.282 bits per heavy atom. The van der Waals surface area contributed by atoms with E-state index in [4.69, 9.17) is 66.3 Å². The molecule has 0 unspecified atom stereocenters. The van der Waals surface area contributed by atoms with Crippen LogP contribution in [0.15, 0.2) is 218 Å². The second-order valence-corrected chi connectivity index (χ2v) is 34.6. The molecule has 6 amide bonds. The highest BCUT2D eigenvalue weighted by Gasteiger charge is 2.36.